The van der Waals surface area contributed by atoms with Crippen molar-refractivity contribution >= 4 is 12.2 Å². The Kier molecular flexibility index (Phi) is 5.02. The van der Waals surface area contributed by atoms with Crippen molar-refractivity contribution in [3.05, 3.63) is 65.2 Å². The minimum absolute atomic E-state index is 0.0852. The highest BCUT2D eigenvalue weighted by Gasteiger charge is 2.05. The van der Waals surface area contributed by atoms with E-state index in [1.54, 1.807) is 24.3 Å². The molecule has 0 atom stereocenters. The molecular weight excluding hydrogens is 290 g/mol. The van der Waals surface area contributed by atoms with Gasteiger partial charge < -0.3 is 16.2 Å². The Balaban J connectivity index is 2.06. The van der Waals surface area contributed by atoms with Crippen LogP contribution in [0.15, 0.2) is 52.7 Å². The molecule has 2 aromatic carbocycles. The molecule has 0 saturated heterocycles. The van der Waals surface area contributed by atoms with Gasteiger partial charge in [0.05, 0.1) is 6.21 Å². The molecule has 0 spiro atoms. The van der Waals surface area contributed by atoms with Gasteiger partial charge in [-0.1, -0.05) is 12.1 Å². The lowest BCUT2D eigenvalue weighted by atomic mass is 10.2. The van der Waals surface area contributed by atoms with Crippen molar-refractivity contribution in [3.8, 4) is 5.75 Å². The van der Waals surface area contributed by atoms with Gasteiger partial charge >= 0.3 is 0 Å². The van der Waals surface area contributed by atoms with Crippen molar-refractivity contribution in [1.82, 2.24) is 0 Å². The highest BCUT2D eigenvalue weighted by atomic mass is 19.1. The lowest BCUT2D eigenvalue weighted by molar-refractivity contribution is 0.299. The molecule has 0 aliphatic heterocycles. The lowest BCUT2D eigenvalue weighted by Crippen LogP contribution is -2.21. The second-order valence-electron chi connectivity index (χ2n) is 4.37. The van der Waals surface area contributed by atoms with Crippen LogP contribution in [0.2, 0.25) is 0 Å². The molecule has 0 saturated carbocycles. The fourth-order valence-electron chi connectivity index (χ4n) is 1.66. The van der Waals surface area contributed by atoms with E-state index in [0.29, 0.717) is 11.3 Å². The molecule has 0 bridgehead atoms. The third kappa shape index (κ3) is 4.55. The summed E-state index contributed by atoms with van der Waals surface area (Å²) in [6, 6.07) is 10.1. The molecule has 0 aliphatic carbocycles. The lowest BCUT2D eigenvalue weighted by Gasteiger charge is -2.07. The van der Waals surface area contributed by atoms with Crippen LogP contribution in [0.4, 0.5) is 8.78 Å². The van der Waals surface area contributed by atoms with E-state index in [9.17, 15) is 8.78 Å². The first kappa shape index (κ1) is 15.4. The van der Waals surface area contributed by atoms with Gasteiger partial charge in [-0.3, -0.25) is 0 Å². The van der Waals surface area contributed by atoms with Crippen LogP contribution in [0.1, 0.15) is 11.1 Å². The van der Waals surface area contributed by atoms with Crippen molar-refractivity contribution in [2.75, 3.05) is 0 Å². The molecule has 5 nitrogen and oxygen atoms in total. The molecule has 0 heterocycles. The molecule has 0 aromatic heterocycles. The summed E-state index contributed by atoms with van der Waals surface area (Å²) in [5.74, 6) is -0.701. The first-order chi connectivity index (χ1) is 10.5. The van der Waals surface area contributed by atoms with E-state index in [0.717, 1.165) is 18.2 Å². The van der Waals surface area contributed by atoms with E-state index >= 15 is 0 Å². The summed E-state index contributed by atoms with van der Waals surface area (Å²) >= 11 is 0. The first-order valence-electron chi connectivity index (χ1n) is 6.33. The standard InChI is InChI=1S/C15H14F2N4O/c16-12-4-5-14(17)11(7-12)9-22-13-3-1-2-10(6-13)8-20-21-15(18)19/h1-8H,9H2,(H4,18,19,21). The van der Waals surface area contributed by atoms with Crippen molar-refractivity contribution < 1.29 is 13.5 Å². The summed E-state index contributed by atoms with van der Waals surface area (Å²) in [5.41, 5.74) is 11.1. The molecular formula is C15H14F2N4O. The smallest absolute Gasteiger partial charge is 0.211 e. The van der Waals surface area contributed by atoms with E-state index in [2.05, 4.69) is 10.2 Å². The highest BCUT2D eigenvalue weighted by molar-refractivity contribution is 5.81. The van der Waals surface area contributed by atoms with Crippen LogP contribution in [0.3, 0.4) is 0 Å². The van der Waals surface area contributed by atoms with Gasteiger partial charge in [-0.05, 0) is 35.9 Å². The Morgan fingerprint density at radius 1 is 1.14 bits per heavy atom. The zero-order valence-corrected chi connectivity index (χ0v) is 11.5. The van der Waals surface area contributed by atoms with Gasteiger partial charge in [-0.25, -0.2) is 8.78 Å². The predicted molar refractivity (Wildman–Crippen MR) is 80.5 cm³/mol. The first-order valence-corrected chi connectivity index (χ1v) is 6.33. The number of hydrogen-bond acceptors (Lipinski definition) is 3. The Morgan fingerprint density at radius 3 is 2.73 bits per heavy atom. The van der Waals surface area contributed by atoms with Gasteiger partial charge in [-0.15, -0.1) is 5.10 Å². The summed E-state index contributed by atoms with van der Waals surface area (Å²) < 4.78 is 32.0. The van der Waals surface area contributed by atoms with Crippen molar-refractivity contribution in [3.63, 3.8) is 0 Å². The van der Waals surface area contributed by atoms with Crippen LogP contribution >= 0.6 is 0 Å². The summed E-state index contributed by atoms with van der Waals surface area (Å²) in [4.78, 5) is 0. The Labute approximate surface area is 125 Å². The minimum atomic E-state index is -0.521. The summed E-state index contributed by atoms with van der Waals surface area (Å²) in [5, 5.41) is 7.15. The van der Waals surface area contributed by atoms with Gasteiger partial charge in [0.15, 0.2) is 0 Å². The third-order valence-electron chi connectivity index (χ3n) is 2.64. The van der Waals surface area contributed by atoms with Gasteiger partial charge in [0.1, 0.15) is 24.0 Å². The Morgan fingerprint density at radius 2 is 1.95 bits per heavy atom. The average molecular weight is 304 g/mol. The van der Waals surface area contributed by atoms with Gasteiger partial charge in [0.25, 0.3) is 0 Å². The van der Waals surface area contributed by atoms with Crippen LogP contribution in [-0.4, -0.2) is 12.2 Å². The average Bonchev–Trinajstić information content (AvgIpc) is 2.48. The number of nitrogens with two attached hydrogens (primary N) is 2. The molecule has 2 rings (SSSR count). The number of benzene rings is 2. The molecule has 0 radical (unpaired) electrons. The molecule has 0 fully saturated rings. The predicted octanol–water partition coefficient (Wildman–Crippen LogP) is 2.15. The maximum absolute atomic E-state index is 13.5. The third-order valence-corrected chi connectivity index (χ3v) is 2.64. The van der Waals surface area contributed by atoms with Crippen LogP contribution in [0.5, 0.6) is 5.75 Å². The molecule has 22 heavy (non-hydrogen) atoms. The SMILES string of the molecule is NC(N)=NN=Cc1cccc(OCc2cc(F)ccc2F)c1. The maximum Gasteiger partial charge on any atom is 0.211 e. The number of halogens is 2. The molecule has 4 N–H and O–H groups in total. The topological polar surface area (TPSA) is 86.0 Å². The second kappa shape index (κ2) is 7.16. The van der Waals surface area contributed by atoms with Gasteiger partial charge in [0.2, 0.25) is 5.96 Å². The van der Waals surface area contributed by atoms with E-state index < -0.39 is 11.6 Å². The number of nitrogens with zero attached hydrogens (tertiary/aromatic N) is 2. The fraction of sp³-hybridized carbons (Fsp3) is 0.0667. The van der Waals surface area contributed by atoms with Crippen molar-refractivity contribution in [2.45, 2.75) is 6.61 Å². The molecule has 114 valence electrons. The van der Waals surface area contributed by atoms with Crippen molar-refractivity contribution in [1.29, 1.82) is 0 Å². The quantitative estimate of drug-likeness (QED) is 0.504. The molecule has 0 aliphatic rings. The number of ether oxygens (including phenoxy) is 1. The number of guanidine groups is 1. The Hall–Kier alpha value is -2.96. The molecule has 2 aromatic rings. The normalized spacial score (nSPS) is 10.6. The monoisotopic (exact) mass is 304 g/mol. The van der Waals surface area contributed by atoms with Crippen LogP contribution in [-0.2, 0) is 6.61 Å². The largest absolute Gasteiger partial charge is 0.489 e. The zero-order valence-electron chi connectivity index (χ0n) is 11.5. The van der Waals surface area contributed by atoms with Crippen LogP contribution in [0.25, 0.3) is 0 Å². The van der Waals surface area contributed by atoms with Crippen molar-refractivity contribution in [2.24, 2.45) is 21.7 Å². The summed E-state index contributed by atoms with van der Waals surface area (Å²) in [7, 11) is 0. The van der Waals surface area contributed by atoms with E-state index in [-0.39, 0.29) is 18.1 Å². The van der Waals surface area contributed by atoms with Crippen LogP contribution in [0, 0.1) is 11.6 Å². The maximum atomic E-state index is 13.5. The van der Waals surface area contributed by atoms with E-state index in [1.807, 2.05) is 0 Å². The molecule has 0 unspecified atom stereocenters. The second-order valence-corrected chi connectivity index (χ2v) is 4.37. The van der Waals surface area contributed by atoms with E-state index in [1.165, 1.54) is 6.21 Å². The van der Waals surface area contributed by atoms with Gasteiger partial charge in [0, 0.05) is 5.56 Å². The van der Waals surface area contributed by atoms with Gasteiger partial charge in [-0.2, -0.15) is 5.10 Å². The minimum Gasteiger partial charge on any atom is -0.489 e. The summed E-state index contributed by atoms with van der Waals surface area (Å²) in [6.45, 7) is -0.0852. The Bertz CT molecular complexity index is 712. The van der Waals surface area contributed by atoms with Crippen LogP contribution < -0.4 is 16.2 Å². The zero-order chi connectivity index (χ0) is 15.9. The summed E-state index contributed by atoms with van der Waals surface area (Å²) in [6.07, 6.45) is 1.44. The number of rotatable bonds is 5. The molecule has 7 heteroatoms. The number of hydrogen-bond donors (Lipinski definition) is 2. The highest BCUT2D eigenvalue weighted by Crippen LogP contribution is 2.16. The fourth-order valence-corrected chi connectivity index (χ4v) is 1.66. The van der Waals surface area contributed by atoms with E-state index in [4.69, 9.17) is 16.2 Å². The molecule has 0 amide bonds.